The zero-order valence-electron chi connectivity index (χ0n) is 21.8. The standard InChI is InChI=1S/C29H30N2O7/c1-29(2,3)20-8-10-21(11-9-20)37-14-15-38-24-12-7-19(17-25(24)35-4)16-23-26(32)30-28(34)31(27(23)33)18-22-6-5-13-36-22/h5-13,16-17H,14-15,18H2,1-4H3,(H,30,32,34)/b23-16-. The van der Waals surface area contributed by atoms with Gasteiger partial charge in [-0.1, -0.05) is 39.0 Å². The van der Waals surface area contributed by atoms with Gasteiger partial charge >= 0.3 is 6.03 Å². The second kappa shape index (κ2) is 11.2. The van der Waals surface area contributed by atoms with E-state index in [0.29, 0.717) is 29.4 Å². The third kappa shape index (κ3) is 6.23. The Labute approximate surface area is 221 Å². The molecule has 198 valence electrons. The minimum Gasteiger partial charge on any atom is -0.493 e. The average Bonchev–Trinajstić information content (AvgIpc) is 3.40. The average molecular weight is 519 g/mol. The monoisotopic (exact) mass is 518 g/mol. The number of carbonyl (C=O) groups excluding carboxylic acids is 3. The summed E-state index contributed by atoms with van der Waals surface area (Å²) < 4.78 is 22.3. The number of nitrogens with zero attached hydrogens (tertiary/aromatic N) is 1. The number of amides is 4. The molecule has 0 atom stereocenters. The molecule has 1 saturated heterocycles. The van der Waals surface area contributed by atoms with Crippen LogP contribution in [-0.2, 0) is 21.5 Å². The van der Waals surface area contributed by atoms with E-state index in [1.807, 2.05) is 12.1 Å². The second-order valence-corrected chi connectivity index (χ2v) is 9.67. The minimum absolute atomic E-state index is 0.0745. The Morgan fingerprint density at radius 3 is 2.34 bits per heavy atom. The first-order valence-electron chi connectivity index (χ1n) is 12.1. The molecule has 4 rings (SSSR count). The number of hydrogen-bond donors (Lipinski definition) is 1. The number of imide groups is 2. The number of nitrogens with one attached hydrogen (secondary N) is 1. The van der Waals surface area contributed by atoms with Crippen LogP contribution in [0.2, 0.25) is 0 Å². The van der Waals surface area contributed by atoms with Crippen molar-refractivity contribution < 1.29 is 33.0 Å². The first-order chi connectivity index (χ1) is 18.2. The number of rotatable bonds is 9. The maximum Gasteiger partial charge on any atom is 0.331 e. The van der Waals surface area contributed by atoms with Gasteiger partial charge in [-0.2, -0.15) is 0 Å². The summed E-state index contributed by atoms with van der Waals surface area (Å²) in [7, 11) is 1.49. The predicted molar refractivity (Wildman–Crippen MR) is 140 cm³/mol. The Bertz CT molecular complexity index is 1340. The molecule has 0 bridgehead atoms. The molecule has 1 N–H and O–H groups in total. The fraction of sp³-hybridized carbons (Fsp3) is 0.276. The summed E-state index contributed by atoms with van der Waals surface area (Å²) >= 11 is 0. The SMILES string of the molecule is COc1cc(/C=C2/C(=O)NC(=O)N(Cc3ccco3)C2=O)ccc1OCCOc1ccc(C(C)(C)C)cc1. The van der Waals surface area contributed by atoms with Gasteiger partial charge < -0.3 is 18.6 Å². The van der Waals surface area contributed by atoms with Crippen molar-refractivity contribution in [1.82, 2.24) is 10.2 Å². The van der Waals surface area contributed by atoms with Gasteiger partial charge in [0.1, 0.15) is 30.3 Å². The molecule has 1 aromatic heterocycles. The summed E-state index contributed by atoms with van der Waals surface area (Å²) in [6.45, 7) is 6.99. The molecule has 0 unspecified atom stereocenters. The number of methoxy groups -OCH3 is 1. The first-order valence-corrected chi connectivity index (χ1v) is 12.1. The van der Waals surface area contributed by atoms with E-state index in [2.05, 4.69) is 38.2 Å². The van der Waals surface area contributed by atoms with Crippen LogP contribution in [0.25, 0.3) is 6.08 Å². The van der Waals surface area contributed by atoms with Gasteiger partial charge in [0.25, 0.3) is 11.8 Å². The molecule has 1 aliphatic rings. The molecular formula is C29H30N2O7. The highest BCUT2D eigenvalue weighted by Gasteiger charge is 2.36. The van der Waals surface area contributed by atoms with Crippen LogP contribution in [0.3, 0.4) is 0 Å². The maximum absolute atomic E-state index is 12.9. The van der Waals surface area contributed by atoms with Crippen molar-refractivity contribution in [3.8, 4) is 17.2 Å². The number of urea groups is 1. The van der Waals surface area contributed by atoms with Crippen LogP contribution in [0.5, 0.6) is 17.2 Å². The summed E-state index contributed by atoms with van der Waals surface area (Å²) in [5.74, 6) is 0.572. The molecule has 1 aliphatic heterocycles. The molecule has 0 spiro atoms. The van der Waals surface area contributed by atoms with Gasteiger partial charge in [-0.05, 0) is 59.0 Å². The van der Waals surface area contributed by atoms with E-state index >= 15 is 0 Å². The van der Waals surface area contributed by atoms with Crippen LogP contribution < -0.4 is 19.5 Å². The van der Waals surface area contributed by atoms with Crippen LogP contribution >= 0.6 is 0 Å². The van der Waals surface area contributed by atoms with Gasteiger partial charge in [-0.3, -0.25) is 19.8 Å². The van der Waals surface area contributed by atoms with E-state index in [1.165, 1.54) is 25.0 Å². The lowest BCUT2D eigenvalue weighted by atomic mass is 9.87. The van der Waals surface area contributed by atoms with Gasteiger partial charge in [0.15, 0.2) is 11.5 Å². The first kappa shape index (κ1) is 26.5. The summed E-state index contributed by atoms with van der Waals surface area (Å²) in [5.41, 5.74) is 1.64. The van der Waals surface area contributed by atoms with Crippen molar-refractivity contribution in [3.63, 3.8) is 0 Å². The van der Waals surface area contributed by atoms with Gasteiger partial charge in [-0.15, -0.1) is 0 Å². The van der Waals surface area contributed by atoms with Crippen molar-refractivity contribution in [1.29, 1.82) is 0 Å². The largest absolute Gasteiger partial charge is 0.493 e. The summed E-state index contributed by atoms with van der Waals surface area (Å²) in [6.07, 6.45) is 2.84. The van der Waals surface area contributed by atoms with Crippen molar-refractivity contribution in [2.75, 3.05) is 20.3 Å². The number of furan rings is 1. The molecule has 1 fully saturated rings. The van der Waals surface area contributed by atoms with Crippen LogP contribution in [0.4, 0.5) is 4.79 Å². The molecule has 0 aliphatic carbocycles. The summed E-state index contributed by atoms with van der Waals surface area (Å²) in [4.78, 5) is 38.5. The number of carbonyl (C=O) groups is 3. The highest BCUT2D eigenvalue weighted by Crippen LogP contribution is 2.30. The third-order valence-electron chi connectivity index (χ3n) is 5.91. The Morgan fingerprint density at radius 2 is 1.68 bits per heavy atom. The maximum atomic E-state index is 12.9. The molecule has 2 heterocycles. The van der Waals surface area contributed by atoms with E-state index in [0.717, 1.165) is 10.6 Å². The molecule has 2 aromatic carbocycles. The molecule has 0 saturated carbocycles. The van der Waals surface area contributed by atoms with Gasteiger partial charge in [0.2, 0.25) is 0 Å². The lowest BCUT2D eigenvalue weighted by molar-refractivity contribution is -0.130. The molecular weight excluding hydrogens is 488 g/mol. The Hall–Kier alpha value is -4.53. The van der Waals surface area contributed by atoms with Crippen LogP contribution in [-0.4, -0.2) is 43.1 Å². The van der Waals surface area contributed by atoms with Crippen molar-refractivity contribution in [3.05, 3.63) is 83.3 Å². The zero-order chi connectivity index (χ0) is 27.3. The fourth-order valence-corrected chi connectivity index (χ4v) is 3.82. The Balaban J connectivity index is 1.39. The second-order valence-electron chi connectivity index (χ2n) is 9.67. The lowest BCUT2D eigenvalue weighted by Crippen LogP contribution is -2.53. The van der Waals surface area contributed by atoms with Crippen molar-refractivity contribution in [2.24, 2.45) is 0 Å². The van der Waals surface area contributed by atoms with E-state index in [-0.39, 0.29) is 24.1 Å². The fourth-order valence-electron chi connectivity index (χ4n) is 3.82. The predicted octanol–water partition coefficient (Wildman–Crippen LogP) is 4.71. The Kier molecular flexibility index (Phi) is 7.85. The van der Waals surface area contributed by atoms with E-state index < -0.39 is 17.8 Å². The highest BCUT2D eigenvalue weighted by molar-refractivity contribution is 6.30. The van der Waals surface area contributed by atoms with Crippen molar-refractivity contribution >= 4 is 23.9 Å². The van der Waals surface area contributed by atoms with Crippen LogP contribution in [0.1, 0.15) is 37.7 Å². The van der Waals surface area contributed by atoms with Crippen LogP contribution in [0, 0.1) is 0 Å². The zero-order valence-corrected chi connectivity index (χ0v) is 21.8. The number of benzene rings is 2. The third-order valence-corrected chi connectivity index (χ3v) is 5.91. The van der Waals surface area contributed by atoms with E-state index in [9.17, 15) is 14.4 Å². The minimum atomic E-state index is -0.803. The highest BCUT2D eigenvalue weighted by atomic mass is 16.5. The molecule has 0 radical (unpaired) electrons. The van der Waals surface area contributed by atoms with Gasteiger partial charge in [-0.25, -0.2) is 4.79 Å². The lowest BCUT2D eigenvalue weighted by Gasteiger charge is -2.25. The molecule has 3 aromatic rings. The van der Waals surface area contributed by atoms with Gasteiger partial charge in [0, 0.05) is 0 Å². The van der Waals surface area contributed by atoms with E-state index in [4.69, 9.17) is 18.6 Å². The number of barbiturate groups is 1. The quantitative estimate of drug-likeness (QED) is 0.248. The van der Waals surface area contributed by atoms with Crippen molar-refractivity contribution in [2.45, 2.75) is 32.7 Å². The molecule has 9 heteroatoms. The molecule has 4 amide bonds. The summed E-state index contributed by atoms with van der Waals surface area (Å²) in [6, 6.07) is 15.5. The topological polar surface area (TPSA) is 107 Å². The molecule has 38 heavy (non-hydrogen) atoms. The normalized spacial score (nSPS) is 15.0. The molecule has 9 nitrogen and oxygen atoms in total. The van der Waals surface area contributed by atoms with E-state index in [1.54, 1.807) is 30.3 Å². The Morgan fingerprint density at radius 1 is 0.947 bits per heavy atom. The van der Waals surface area contributed by atoms with Gasteiger partial charge in [0.05, 0.1) is 19.9 Å². The van der Waals surface area contributed by atoms with Crippen LogP contribution in [0.15, 0.2) is 70.9 Å². The smallest absolute Gasteiger partial charge is 0.331 e. The number of hydrogen-bond acceptors (Lipinski definition) is 7. The summed E-state index contributed by atoms with van der Waals surface area (Å²) in [5, 5.41) is 2.19. The number of ether oxygens (including phenoxy) is 3.